The zero-order valence-electron chi connectivity index (χ0n) is 10.4. The second-order valence-corrected chi connectivity index (χ2v) is 5.34. The standard InChI is InChI=1S/C13H18N2O2S/c1-2-17-13(16)10-4-3-5-11(12(10)14)15-9-6-7-18-8-9/h3-5,9,15H,2,6-8,14H2,1H3. The van der Waals surface area contributed by atoms with Gasteiger partial charge in [-0.15, -0.1) is 0 Å². The molecule has 1 heterocycles. The highest BCUT2D eigenvalue weighted by Gasteiger charge is 2.18. The predicted molar refractivity (Wildman–Crippen MR) is 76.2 cm³/mol. The second kappa shape index (κ2) is 6.00. The van der Waals surface area contributed by atoms with Crippen LogP contribution in [0.3, 0.4) is 0 Å². The zero-order valence-corrected chi connectivity index (χ0v) is 11.3. The summed E-state index contributed by atoms with van der Waals surface area (Å²) in [6, 6.07) is 5.87. The first-order valence-corrected chi connectivity index (χ1v) is 7.27. The van der Waals surface area contributed by atoms with Gasteiger partial charge in [-0.3, -0.25) is 0 Å². The molecule has 1 unspecified atom stereocenters. The Morgan fingerprint density at radius 1 is 1.61 bits per heavy atom. The van der Waals surface area contributed by atoms with Crippen molar-refractivity contribution < 1.29 is 9.53 Å². The molecule has 98 valence electrons. The number of hydrogen-bond donors (Lipinski definition) is 2. The van der Waals surface area contributed by atoms with Crippen LogP contribution in [0.4, 0.5) is 11.4 Å². The number of nitrogens with two attached hydrogens (primary N) is 1. The number of rotatable bonds is 4. The molecule has 0 bridgehead atoms. The molecule has 0 saturated carbocycles. The Balaban J connectivity index is 2.15. The Kier molecular flexibility index (Phi) is 4.36. The number of carbonyl (C=O) groups excluding carboxylic acids is 1. The summed E-state index contributed by atoms with van der Waals surface area (Å²) in [6.45, 7) is 2.14. The van der Waals surface area contributed by atoms with Crippen LogP contribution in [0.5, 0.6) is 0 Å². The van der Waals surface area contributed by atoms with Crippen LogP contribution in [0, 0.1) is 0 Å². The van der Waals surface area contributed by atoms with Gasteiger partial charge in [-0.05, 0) is 31.2 Å². The van der Waals surface area contributed by atoms with E-state index >= 15 is 0 Å². The molecule has 1 saturated heterocycles. The molecule has 4 nitrogen and oxygen atoms in total. The maximum atomic E-state index is 11.7. The van der Waals surface area contributed by atoms with Gasteiger partial charge in [-0.2, -0.15) is 11.8 Å². The summed E-state index contributed by atoms with van der Waals surface area (Å²) in [7, 11) is 0. The molecule has 1 aliphatic rings. The van der Waals surface area contributed by atoms with Gasteiger partial charge in [0.05, 0.1) is 23.5 Å². The first-order chi connectivity index (χ1) is 8.72. The minimum absolute atomic E-state index is 0.356. The molecule has 1 atom stereocenters. The average Bonchev–Trinajstić information content (AvgIpc) is 2.85. The second-order valence-electron chi connectivity index (χ2n) is 4.19. The van der Waals surface area contributed by atoms with Crippen LogP contribution in [0.1, 0.15) is 23.7 Å². The first kappa shape index (κ1) is 13.1. The molecule has 0 aliphatic carbocycles. The van der Waals surface area contributed by atoms with E-state index in [-0.39, 0.29) is 5.97 Å². The molecule has 0 spiro atoms. The van der Waals surface area contributed by atoms with Crippen molar-refractivity contribution in [3.8, 4) is 0 Å². The number of ether oxygens (including phenoxy) is 1. The maximum Gasteiger partial charge on any atom is 0.340 e. The van der Waals surface area contributed by atoms with Gasteiger partial charge < -0.3 is 15.8 Å². The summed E-state index contributed by atoms with van der Waals surface area (Å²) in [6.07, 6.45) is 1.13. The topological polar surface area (TPSA) is 64.3 Å². The number of hydrogen-bond acceptors (Lipinski definition) is 5. The Hall–Kier alpha value is -1.36. The van der Waals surface area contributed by atoms with E-state index in [4.69, 9.17) is 10.5 Å². The molecular formula is C13H18N2O2S. The lowest BCUT2D eigenvalue weighted by molar-refractivity contribution is 0.0527. The lowest BCUT2D eigenvalue weighted by atomic mass is 10.1. The van der Waals surface area contributed by atoms with Gasteiger partial charge in [0.25, 0.3) is 0 Å². The molecular weight excluding hydrogens is 248 g/mol. The monoisotopic (exact) mass is 266 g/mol. The molecule has 18 heavy (non-hydrogen) atoms. The lowest BCUT2D eigenvalue weighted by Gasteiger charge is -2.16. The quantitative estimate of drug-likeness (QED) is 0.647. The molecule has 3 N–H and O–H groups in total. The van der Waals surface area contributed by atoms with E-state index in [1.165, 1.54) is 5.75 Å². The van der Waals surface area contributed by atoms with Crippen molar-refractivity contribution in [2.75, 3.05) is 29.2 Å². The smallest absolute Gasteiger partial charge is 0.340 e. The first-order valence-electron chi connectivity index (χ1n) is 6.12. The van der Waals surface area contributed by atoms with E-state index in [0.29, 0.717) is 23.9 Å². The van der Waals surface area contributed by atoms with Crippen LogP contribution in [-0.4, -0.2) is 30.1 Å². The summed E-state index contributed by atoms with van der Waals surface area (Å²) in [5, 5.41) is 3.39. The number of esters is 1. The van der Waals surface area contributed by atoms with Crippen molar-refractivity contribution in [3.63, 3.8) is 0 Å². The third kappa shape index (κ3) is 2.90. The molecule has 1 aromatic rings. The highest BCUT2D eigenvalue weighted by Crippen LogP contribution is 2.27. The van der Waals surface area contributed by atoms with Crippen LogP contribution in [0.25, 0.3) is 0 Å². The number of nitrogens with one attached hydrogen (secondary N) is 1. The molecule has 1 fully saturated rings. The van der Waals surface area contributed by atoms with E-state index in [1.807, 2.05) is 23.9 Å². The third-order valence-corrected chi connectivity index (χ3v) is 4.05. The predicted octanol–water partition coefficient (Wildman–Crippen LogP) is 2.36. The van der Waals surface area contributed by atoms with Crippen LogP contribution in [-0.2, 0) is 4.74 Å². The van der Waals surface area contributed by atoms with Crippen molar-refractivity contribution in [1.29, 1.82) is 0 Å². The van der Waals surface area contributed by atoms with Gasteiger partial charge in [-0.25, -0.2) is 4.79 Å². The zero-order chi connectivity index (χ0) is 13.0. The van der Waals surface area contributed by atoms with Crippen LogP contribution < -0.4 is 11.1 Å². The van der Waals surface area contributed by atoms with E-state index in [9.17, 15) is 4.79 Å². The van der Waals surface area contributed by atoms with Gasteiger partial charge >= 0.3 is 5.97 Å². The summed E-state index contributed by atoms with van der Waals surface area (Å²) in [5.41, 5.74) is 7.77. The maximum absolute atomic E-state index is 11.7. The van der Waals surface area contributed by atoms with Crippen molar-refractivity contribution >= 4 is 29.1 Å². The fourth-order valence-corrected chi connectivity index (χ4v) is 3.10. The fraction of sp³-hybridized carbons (Fsp3) is 0.462. The van der Waals surface area contributed by atoms with Gasteiger partial charge in [0.2, 0.25) is 0 Å². The summed E-state index contributed by atoms with van der Waals surface area (Å²) in [4.78, 5) is 11.7. The Morgan fingerprint density at radius 3 is 3.11 bits per heavy atom. The van der Waals surface area contributed by atoms with E-state index in [0.717, 1.165) is 17.9 Å². The normalized spacial score (nSPS) is 18.6. The Labute approximate surface area is 111 Å². The molecule has 1 aliphatic heterocycles. The average molecular weight is 266 g/mol. The van der Waals surface area contributed by atoms with Gasteiger partial charge in [0, 0.05) is 11.8 Å². The summed E-state index contributed by atoms with van der Waals surface area (Å²) < 4.78 is 4.98. The highest BCUT2D eigenvalue weighted by atomic mass is 32.2. The van der Waals surface area contributed by atoms with Crippen LogP contribution >= 0.6 is 11.8 Å². The van der Waals surface area contributed by atoms with Crippen LogP contribution in [0.2, 0.25) is 0 Å². The SMILES string of the molecule is CCOC(=O)c1cccc(NC2CCSC2)c1N. The van der Waals surface area contributed by atoms with E-state index in [1.54, 1.807) is 13.0 Å². The van der Waals surface area contributed by atoms with Crippen molar-refractivity contribution in [3.05, 3.63) is 23.8 Å². The van der Waals surface area contributed by atoms with Crippen molar-refractivity contribution in [2.45, 2.75) is 19.4 Å². The number of para-hydroxylation sites is 1. The third-order valence-electron chi connectivity index (χ3n) is 2.89. The number of carbonyl (C=O) groups is 1. The molecule has 0 aromatic heterocycles. The van der Waals surface area contributed by atoms with Gasteiger partial charge in [-0.1, -0.05) is 6.07 Å². The number of nitrogen functional groups attached to an aromatic ring is 1. The Morgan fingerprint density at radius 2 is 2.44 bits per heavy atom. The van der Waals surface area contributed by atoms with Crippen molar-refractivity contribution in [2.24, 2.45) is 0 Å². The van der Waals surface area contributed by atoms with E-state index in [2.05, 4.69) is 5.32 Å². The van der Waals surface area contributed by atoms with Gasteiger partial charge in [0.1, 0.15) is 0 Å². The summed E-state index contributed by atoms with van der Waals surface area (Å²) in [5.74, 6) is 1.90. The molecule has 0 radical (unpaired) electrons. The molecule has 2 rings (SSSR count). The molecule has 1 aromatic carbocycles. The number of thioether (sulfide) groups is 1. The summed E-state index contributed by atoms with van der Waals surface area (Å²) >= 11 is 1.93. The fourth-order valence-electron chi connectivity index (χ4n) is 1.95. The largest absolute Gasteiger partial charge is 0.462 e. The lowest BCUT2D eigenvalue weighted by Crippen LogP contribution is -2.20. The van der Waals surface area contributed by atoms with E-state index < -0.39 is 0 Å². The molecule has 5 heteroatoms. The van der Waals surface area contributed by atoms with Crippen molar-refractivity contribution in [1.82, 2.24) is 0 Å². The minimum atomic E-state index is -0.362. The Bertz CT molecular complexity index is 431. The molecule has 0 amide bonds. The highest BCUT2D eigenvalue weighted by molar-refractivity contribution is 7.99. The van der Waals surface area contributed by atoms with Gasteiger partial charge in [0.15, 0.2) is 0 Å². The number of anilines is 2. The minimum Gasteiger partial charge on any atom is -0.462 e. The number of benzene rings is 1. The van der Waals surface area contributed by atoms with Crippen LogP contribution in [0.15, 0.2) is 18.2 Å².